The molecule has 14 heavy (non-hydrogen) atoms. The topological polar surface area (TPSA) is 34.1 Å². The summed E-state index contributed by atoms with van der Waals surface area (Å²) in [7, 11) is -1.16. The second-order valence-corrected chi connectivity index (χ2v) is 5.94. The van der Waals surface area contributed by atoms with Crippen LogP contribution >= 0.6 is 0 Å². The predicted octanol–water partition coefficient (Wildman–Crippen LogP) is 0.517. The third kappa shape index (κ3) is 2.18. The smallest absolute Gasteiger partial charge is 0.180 e. The molecule has 1 atom stereocenters. The maximum Gasteiger partial charge on any atom is 0.180 e. The molecule has 76 valence electrons. The summed E-state index contributed by atoms with van der Waals surface area (Å²) in [5.74, 6) is 0. The quantitative estimate of drug-likeness (QED) is 0.681. The lowest BCUT2D eigenvalue weighted by Crippen LogP contribution is -2.17. The van der Waals surface area contributed by atoms with Gasteiger partial charge in [-0.3, -0.25) is 0 Å². The van der Waals surface area contributed by atoms with Crippen LogP contribution in [0, 0.1) is 0 Å². The van der Waals surface area contributed by atoms with Gasteiger partial charge in [-0.15, -0.1) is 0 Å². The molecule has 0 saturated carbocycles. The van der Waals surface area contributed by atoms with Crippen LogP contribution in [0.1, 0.15) is 20.3 Å². The van der Waals surface area contributed by atoms with Crippen LogP contribution in [0.5, 0.6) is 0 Å². The number of rotatable bonds is 3. The van der Waals surface area contributed by atoms with Crippen molar-refractivity contribution in [1.29, 1.82) is 0 Å². The van der Waals surface area contributed by atoms with Gasteiger partial charge in [-0.25, -0.2) is 8.42 Å². The fourth-order valence-electron chi connectivity index (χ4n) is 1.18. The summed E-state index contributed by atoms with van der Waals surface area (Å²) in [5.41, 5.74) is 1.08. The molecule has 2 nitrogen and oxygen atoms in total. The second kappa shape index (κ2) is 4.17. The molecule has 0 aliphatic rings. The molecule has 0 heterocycles. The van der Waals surface area contributed by atoms with Gasteiger partial charge in [0.15, 0.2) is 9.84 Å². The van der Waals surface area contributed by atoms with E-state index < -0.39 is 9.84 Å². The molecular formula is C10H15BO2S. The average Bonchev–Trinajstić information content (AvgIpc) is 2.17. The van der Waals surface area contributed by atoms with Gasteiger partial charge in [-0.05, 0) is 25.5 Å². The first-order chi connectivity index (χ1) is 6.48. The lowest BCUT2D eigenvalue weighted by Gasteiger charge is -2.10. The van der Waals surface area contributed by atoms with E-state index >= 15 is 0 Å². The van der Waals surface area contributed by atoms with E-state index in [4.69, 9.17) is 0 Å². The molecule has 0 N–H and O–H groups in total. The predicted molar refractivity (Wildman–Crippen MR) is 61.6 cm³/mol. The van der Waals surface area contributed by atoms with Gasteiger partial charge in [0.2, 0.25) is 0 Å². The molecule has 0 aliphatic heterocycles. The summed E-state index contributed by atoms with van der Waals surface area (Å²) < 4.78 is 23.7. The number of benzene rings is 1. The van der Waals surface area contributed by atoms with Crippen LogP contribution in [0.4, 0.5) is 0 Å². The van der Waals surface area contributed by atoms with Crippen molar-refractivity contribution < 1.29 is 8.42 Å². The molecule has 0 fully saturated rings. The standard InChI is InChI=1S/C10H15BO2S/c1-3-8(2)14(12,13)10-6-4-9(11)5-7-10/h4-8H,3,11H2,1-2H3. The maximum absolute atomic E-state index is 11.9. The van der Waals surface area contributed by atoms with Crippen LogP contribution in [0.25, 0.3) is 0 Å². The summed E-state index contributed by atoms with van der Waals surface area (Å²) in [6, 6.07) is 7.01. The first-order valence-corrected chi connectivity index (χ1v) is 6.33. The minimum Gasteiger partial charge on any atom is -0.223 e. The number of sulfone groups is 1. The summed E-state index contributed by atoms with van der Waals surface area (Å²) in [5, 5.41) is -0.301. The van der Waals surface area contributed by atoms with E-state index in [1.165, 1.54) is 0 Å². The van der Waals surface area contributed by atoms with Crippen LogP contribution in [0.2, 0.25) is 0 Å². The Labute approximate surface area is 86.7 Å². The molecule has 0 saturated heterocycles. The van der Waals surface area contributed by atoms with Gasteiger partial charge >= 0.3 is 0 Å². The van der Waals surface area contributed by atoms with Gasteiger partial charge in [0.1, 0.15) is 7.85 Å². The van der Waals surface area contributed by atoms with Crippen molar-refractivity contribution in [2.75, 3.05) is 0 Å². The zero-order valence-corrected chi connectivity index (χ0v) is 9.64. The molecule has 0 aromatic heterocycles. The highest BCUT2D eigenvalue weighted by Crippen LogP contribution is 2.16. The van der Waals surface area contributed by atoms with Crippen molar-refractivity contribution in [1.82, 2.24) is 0 Å². The zero-order valence-electron chi connectivity index (χ0n) is 8.82. The van der Waals surface area contributed by atoms with E-state index in [0.29, 0.717) is 11.3 Å². The third-order valence-electron chi connectivity index (χ3n) is 2.45. The first-order valence-electron chi connectivity index (χ1n) is 4.79. The number of hydrogen-bond donors (Lipinski definition) is 0. The fourth-order valence-corrected chi connectivity index (χ4v) is 2.60. The Morgan fingerprint density at radius 3 is 2.21 bits per heavy atom. The molecule has 0 radical (unpaired) electrons. The molecule has 0 spiro atoms. The minimum absolute atomic E-state index is 0.301. The first kappa shape index (κ1) is 11.3. The van der Waals surface area contributed by atoms with Gasteiger partial charge in [-0.2, -0.15) is 0 Å². The van der Waals surface area contributed by atoms with Crippen LogP contribution in [-0.2, 0) is 9.84 Å². The van der Waals surface area contributed by atoms with Gasteiger partial charge in [0.05, 0.1) is 10.1 Å². The Morgan fingerprint density at radius 1 is 1.29 bits per heavy atom. The lowest BCUT2D eigenvalue weighted by atomic mass is 9.97. The Balaban J connectivity index is 3.11. The van der Waals surface area contributed by atoms with Crippen LogP contribution in [0.15, 0.2) is 29.2 Å². The molecule has 1 aromatic rings. The highest BCUT2D eigenvalue weighted by Gasteiger charge is 2.20. The normalized spacial score (nSPS) is 13.9. The van der Waals surface area contributed by atoms with Crippen molar-refractivity contribution in [2.45, 2.75) is 30.4 Å². The summed E-state index contributed by atoms with van der Waals surface area (Å²) in [6.07, 6.45) is 0.649. The minimum atomic E-state index is -3.11. The van der Waals surface area contributed by atoms with E-state index in [9.17, 15) is 8.42 Å². The Hall–Kier alpha value is -0.765. The monoisotopic (exact) mass is 210 g/mol. The van der Waals surface area contributed by atoms with Gasteiger partial charge < -0.3 is 0 Å². The van der Waals surface area contributed by atoms with E-state index in [1.807, 2.05) is 26.9 Å². The molecule has 4 heteroatoms. The Morgan fingerprint density at radius 2 is 1.79 bits per heavy atom. The molecule has 1 aromatic carbocycles. The molecule has 0 aliphatic carbocycles. The summed E-state index contributed by atoms with van der Waals surface area (Å²) >= 11 is 0. The third-order valence-corrected chi connectivity index (χ3v) is 4.78. The molecule has 1 unspecified atom stereocenters. The lowest BCUT2D eigenvalue weighted by molar-refractivity contribution is 0.581. The van der Waals surface area contributed by atoms with Gasteiger partial charge in [0.25, 0.3) is 0 Å². The van der Waals surface area contributed by atoms with Crippen LogP contribution < -0.4 is 5.46 Å². The highest BCUT2D eigenvalue weighted by molar-refractivity contribution is 7.92. The van der Waals surface area contributed by atoms with Crippen LogP contribution in [0.3, 0.4) is 0 Å². The SMILES string of the molecule is Bc1ccc(S(=O)(=O)C(C)CC)cc1. The van der Waals surface area contributed by atoms with Crippen LogP contribution in [-0.4, -0.2) is 21.5 Å². The zero-order chi connectivity index (χ0) is 10.8. The van der Waals surface area contributed by atoms with Gasteiger partial charge in [0, 0.05) is 0 Å². The van der Waals surface area contributed by atoms with E-state index in [1.54, 1.807) is 19.1 Å². The van der Waals surface area contributed by atoms with Crippen molar-refractivity contribution in [2.24, 2.45) is 0 Å². The van der Waals surface area contributed by atoms with Crippen molar-refractivity contribution >= 4 is 23.1 Å². The molecular weight excluding hydrogens is 195 g/mol. The molecule has 0 amide bonds. The summed E-state index contributed by atoms with van der Waals surface area (Å²) in [4.78, 5) is 0.428. The van der Waals surface area contributed by atoms with E-state index in [2.05, 4.69) is 0 Å². The van der Waals surface area contributed by atoms with Crippen molar-refractivity contribution in [3.05, 3.63) is 24.3 Å². The van der Waals surface area contributed by atoms with E-state index in [0.717, 1.165) is 5.46 Å². The Bertz CT molecular complexity index is 395. The fraction of sp³-hybridized carbons (Fsp3) is 0.400. The van der Waals surface area contributed by atoms with Crippen molar-refractivity contribution in [3.63, 3.8) is 0 Å². The molecule has 1 rings (SSSR count). The van der Waals surface area contributed by atoms with Gasteiger partial charge in [-0.1, -0.05) is 24.5 Å². The maximum atomic E-state index is 11.9. The van der Waals surface area contributed by atoms with E-state index in [-0.39, 0.29) is 5.25 Å². The van der Waals surface area contributed by atoms with Crippen molar-refractivity contribution in [3.8, 4) is 0 Å². The summed E-state index contributed by atoms with van der Waals surface area (Å²) in [6.45, 7) is 3.63. The highest BCUT2D eigenvalue weighted by atomic mass is 32.2. The largest absolute Gasteiger partial charge is 0.223 e. The Kier molecular flexibility index (Phi) is 3.37. The molecule has 0 bridgehead atoms. The second-order valence-electron chi connectivity index (χ2n) is 3.58. The average molecular weight is 210 g/mol. The number of hydrogen-bond acceptors (Lipinski definition) is 2.